The largest absolute Gasteiger partial charge is 0.392 e. The fourth-order valence-electron chi connectivity index (χ4n) is 4.56. The van der Waals surface area contributed by atoms with Gasteiger partial charge in [-0.2, -0.15) is 0 Å². The number of amides is 1. The van der Waals surface area contributed by atoms with Gasteiger partial charge in [0, 0.05) is 38.3 Å². The number of aliphatic hydroxyl groups is 2. The maximum absolute atomic E-state index is 11.7. The molecule has 1 fully saturated rings. The minimum atomic E-state index is -0.572. The second kappa shape index (κ2) is 10.5. The third-order valence-electron chi connectivity index (χ3n) is 6.62. The minimum absolute atomic E-state index is 0.103. The highest BCUT2D eigenvalue weighted by Crippen LogP contribution is 2.48. The number of nitrogens with zero attached hydrogens (tertiary/aromatic N) is 1. The highest BCUT2D eigenvalue weighted by molar-refractivity contribution is 5.75. The summed E-state index contributed by atoms with van der Waals surface area (Å²) in [6, 6.07) is 0. The van der Waals surface area contributed by atoms with Crippen molar-refractivity contribution in [3.63, 3.8) is 0 Å². The quantitative estimate of drug-likeness (QED) is 0.350. The number of unbranched alkanes of at least 4 members (excludes halogenated alkanes) is 1. The van der Waals surface area contributed by atoms with Gasteiger partial charge in [-0.3, -0.25) is 4.79 Å². The average molecular weight is 402 g/mol. The first-order chi connectivity index (χ1) is 13.7. The first-order valence-corrected chi connectivity index (χ1v) is 11.0. The average Bonchev–Trinajstić information content (AvgIpc) is 3.17. The van der Waals surface area contributed by atoms with Gasteiger partial charge in [0.05, 0.1) is 12.2 Å². The van der Waals surface area contributed by atoms with Gasteiger partial charge in [0.2, 0.25) is 5.91 Å². The second-order valence-corrected chi connectivity index (χ2v) is 9.65. The molecule has 0 bridgehead atoms. The molecule has 0 spiro atoms. The summed E-state index contributed by atoms with van der Waals surface area (Å²) in [5.74, 6) is 7.13. The summed E-state index contributed by atoms with van der Waals surface area (Å²) < 4.78 is 0. The number of aliphatic hydroxyl groups excluding tert-OH is 2. The van der Waals surface area contributed by atoms with Gasteiger partial charge in [-0.05, 0) is 50.9 Å². The Bertz CT molecular complexity index is 680. The summed E-state index contributed by atoms with van der Waals surface area (Å²) in [4.78, 5) is 13.3. The number of carbonyl (C=O) groups excluding carboxylic acids is 1. The molecule has 2 rings (SSSR count). The highest BCUT2D eigenvalue weighted by atomic mass is 16.3. The van der Waals surface area contributed by atoms with E-state index in [2.05, 4.69) is 17.9 Å². The van der Waals surface area contributed by atoms with E-state index in [4.69, 9.17) is 0 Å². The summed E-state index contributed by atoms with van der Waals surface area (Å²) in [7, 11) is 3.61. The number of rotatable bonds is 9. The van der Waals surface area contributed by atoms with E-state index in [1.54, 1.807) is 19.0 Å². The topological polar surface area (TPSA) is 60.8 Å². The lowest BCUT2D eigenvalue weighted by Gasteiger charge is -2.27. The molecule has 4 nitrogen and oxygen atoms in total. The van der Waals surface area contributed by atoms with Crippen LogP contribution in [0.1, 0.15) is 65.7 Å². The van der Waals surface area contributed by atoms with Crippen LogP contribution in [0, 0.1) is 35.0 Å². The van der Waals surface area contributed by atoms with Crippen molar-refractivity contribution in [3.8, 4) is 11.8 Å². The first kappa shape index (κ1) is 23.7. The van der Waals surface area contributed by atoms with Crippen LogP contribution in [0.3, 0.4) is 0 Å². The fraction of sp³-hybridized carbons (Fsp3) is 0.720. The van der Waals surface area contributed by atoms with Crippen LogP contribution in [-0.2, 0) is 4.79 Å². The molecule has 29 heavy (non-hydrogen) atoms. The number of hydrogen-bond acceptors (Lipinski definition) is 3. The van der Waals surface area contributed by atoms with Gasteiger partial charge in [-0.15, -0.1) is 11.8 Å². The van der Waals surface area contributed by atoms with Gasteiger partial charge in [0.25, 0.3) is 0 Å². The van der Waals surface area contributed by atoms with Crippen molar-refractivity contribution < 1.29 is 15.0 Å². The Morgan fingerprint density at radius 1 is 1.38 bits per heavy atom. The van der Waals surface area contributed by atoms with Gasteiger partial charge >= 0.3 is 0 Å². The zero-order chi connectivity index (χ0) is 21.6. The smallest absolute Gasteiger partial charge is 0.222 e. The minimum Gasteiger partial charge on any atom is -0.392 e. The van der Waals surface area contributed by atoms with Crippen LogP contribution in [0.5, 0.6) is 0 Å². The predicted molar refractivity (Wildman–Crippen MR) is 118 cm³/mol. The molecular formula is C25H39NO3. The molecule has 0 aliphatic heterocycles. The Morgan fingerprint density at radius 2 is 2.10 bits per heavy atom. The molecule has 1 saturated carbocycles. The van der Waals surface area contributed by atoms with Crippen LogP contribution >= 0.6 is 0 Å². The standard InChI is InChI=1S/C25H39NO3/c1-6-7-14-25(2,3)23(28)13-12-20-21-16-18(15-19(21)17-22(20)27)10-8-9-11-24(29)26(4)5/h12-13,15,19-23,27-28H,8-11,14,16-17H2,1-5H3/t19-,20+,21-,22+,23-/m0/s1. The van der Waals surface area contributed by atoms with E-state index in [9.17, 15) is 15.0 Å². The monoisotopic (exact) mass is 401 g/mol. The van der Waals surface area contributed by atoms with Crippen LogP contribution in [0.15, 0.2) is 23.8 Å². The second-order valence-electron chi connectivity index (χ2n) is 9.65. The van der Waals surface area contributed by atoms with E-state index in [1.807, 2.05) is 32.9 Å². The van der Waals surface area contributed by atoms with Gasteiger partial charge in [0.1, 0.15) is 0 Å². The molecule has 0 aromatic rings. The highest BCUT2D eigenvalue weighted by Gasteiger charge is 2.43. The molecule has 0 heterocycles. The van der Waals surface area contributed by atoms with Gasteiger partial charge in [-0.1, -0.05) is 37.6 Å². The van der Waals surface area contributed by atoms with Crippen molar-refractivity contribution in [3.05, 3.63) is 23.8 Å². The molecule has 2 N–H and O–H groups in total. The van der Waals surface area contributed by atoms with E-state index >= 15 is 0 Å². The van der Waals surface area contributed by atoms with Crippen molar-refractivity contribution in [1.82, 2.24) is 4.90 Å². The molecule has 0 saturated heterocycles. The lowest BCUT2D eigenvalue weighted by molar-refractivity contribution is -0.128. The van der Waals surface area contributed by atoms with Gasteiger partial charge < -0.3 is 15.1 Å². The molecule has 0 aromatic heterocycles. The van der Waals surface area contributed by atoms with E-state index in [1.165, 1.54) is 5.57 Å². The normalized spacial score (nSPS) is 27.3. The third kappa shape index (κ3) is 6.46. The summed E-state index contributed by atoms with van der Waals surface area (Å²) in [6.07, 6.45) is 11.5. The number of fused-ring (bicyclic) bond motifs is 1. The van der Waals surface area contributed by atoms with E-state index in [0.717, 1.165) is 32.1 Å². The Labute approximate surface area is 177 Å². The lowest BCUT2D eigenvalue weighted by atomic mass is 9.81. The predicted octanol–water partition coefficient (Wildman–Crippen LogP) is 3.94. The molecule has 162 valence electrons. The van der Waals surface area contributed by atoms with Crippen molar-refractivity contribution in [2.75, 3.05) is 14.1 Å². The van der Waals surface area contributed by atoms with Crippen LogP contribution in [-0.4, -0.2) is 47.3 Å². The number of hydrogen-bond donors (Lipinski definition) is 2. The Morgan fingerprint density at radius 3 is 2.76 bits per heavy atom. The van der Waals surface area contributed by atoms with Gasteiger partial charge in [0.15, 0.2) is 0 Å². The van der Waals surface area contributed by atoms with Crippen molar-refractivity contribution >= 4 is 5.91 Å². The van der Waals surface area contributed by atoms with E-state index in [-0.39, 0.29) is 23.3 Å². The van der Waals surface area contributed by atoms with Crippen LogP contribution in [0.25, 0.3) is 0 Å². The molecule has 0 radical (unpaired) electrons. The Hall–Kier alpha value is -1.57. The van der Waals surface area contributed by atoms with Crippen LogP contribution in [0.4, 0.5) is 0 Å². The van der Waals surface area contributed by atoms with Gasteiger partial charge in [-0.25, -0.2) is 0 Å². The Kier molecular flexibility index (Phi) is 8.55. The van der Waals surface area contributed by atoms with Crippen LogP contribution in [0.2, 0.25) is 0 Å². The molecule has 5 atom stereocenters. The van der Waals surface area contributed by atoms with E-state index in [0.29, 0.717) is 24.7 Å². The lowest BCUT2D eigenvalue weighted by Crippen LogP contribution is -2.27. The van der Waals surface area contributed by atoms with Crippen LogP contribution < -0.4 is 0 Å². The molecule has 2 aliphatic rings. The summed E-state index contributed by atoms with van der Waals surface area (Å²) in [5, 5.41) is 21.1. The zero-order valence-corrected chi connectivity index (χ0v) is 18.8. The third-order valence-corrected chi connectivity index (χ3v) is 6.62. The SMILES string of the molecule is CC#CCC(C)(C)[C@@H](O)C=C[C@@H]1[C@H]2CC(CCCCC(=O)N(C)C)=C[C@H]2C[C@H]1O. The molecule has 2 aliphatic carbocycles. The van der Waals surface area contributed by atoms with E-state index < -0.39 is 6.10 Å². The number of allylic oxidation sites excluding steroid dienone is 2. The molecule has 0 aromatic carbocycles. The van der Waals surface area contributed by atoms with Crippen molar-refractivity contribution in [2.45, 2.75) is 77.9 Å². The maximum atomic E-state index is 11.7. The Balaban J connectivity index is 1.86. The fourth-order valence-corrected chi connectivity index (χ4v) is 4.56. The maximum Gasteiger partial charge on any atom is 0.222 e. The molecule has 0 unspecified atom stereocenters. The zero-order valence-electron chi connectivity index (χ0n) is 18.8. The summed E-state index contributed by atoms with van der Waals surface area (Å²) in [6.45, 7) is 5.87. The first-order valence-electron chi connectivity index (χ1n) is 11.0. The summed E-state index contributed by atoms with van der Waals surface area (Å²) >= 11 is 0. The molecule has 1 amide bonds. The van der Waals surface area contributed by atoms with Crippen molar-refractivity contribution in [1.29, 1.82) is 0 Å². The number of carbonyl (C=O) groups is 1. The van der Waals surface area contributed by atoms with Crippen molar-refractivity contribution in [2.24, 2.45) is 23.2 Å². The summed E-state index contributed by atoms with van der Waals surface area (Å²) in [5.41, 5.74) is 1.17. The molecule has 4 heteroatoms. The molecular weight excluding hydrogens is 362 g/mol.